The van der Waals surface area contributed by atoms with E-state index in [4.69, 9.17) is 5.73 Å². The van der Waals surface area contributed by atoms with Crippen molar-refractivity contribution in [2.24, 2.45) is 5.92 Å². The van der Waals surface area contributed by atoms with Crippen LogP contribution in [0, 0.1) is 5.92 Å². The standard InChI is InChI=1S/C11H17N3O/c1-8(15)9-4-6-14(7-9)11-10(12)3-2-5-13-11/h2-3,5,8-9,15H,4,6-7,12H2,1H3. The molecule has 2 rings (SSSR count). The minimum Gasteiger partial charge on any atom is -0.396 e. The molecule has 1 aromatic heterocycles. The third-order valence-electron chi connectivity index (χ3n) is 3.02. The predicted octanol–water partition coefficient (Wildman–Crippen LogP) is 0.871. The van der Waals surface area contributed by atoms with Crippen molar-refractivity contribution in [2.45, 2.75) is 19.4 Å². The van der Waals surface area contributed by atoms with Crippen molar-refractivity contribution < 1.29 is 5.11 Å². The molecule has 0 bridgehead atoms. The van der Waals surface area contributed by atoms with Crippen LogP contribution in [0.15, 0.2) is 18.3 Å². The average molecular weight is 207 g/mol. The number of hydrogen-bond acceptors (Lipinski definition) is 4. The van der Waals surface area contributed by atoms with Gasteiger partial charge in [-0.1, -0.05) is 0 Å². The third-order valence-corrected chi connectivity index (χ3v) is 3.02. The van der Waals surface area contributed by atoms with Crippen LogP contribution in [0.3, 0.4) is 0 Å². The minimum absolute atomic E-state index is 0.250. The summed E-state index contributed by atoms with van der Waals surface area (Å²) >= 11 is 0. The zero-order chi connectivity index (χ0) is 10.8. The van der Waals surface area contributed by atoms with Crippen molar-refractivity contribution in [3.8, 4) is 0 Å². The molecular weight excluding hydrogens is 190 g/mol. The summed E-state index contributed by atoms with van der Waals surface area (Å²) in [6.07, 6.45) is 2.51. The highest BCUT2D eigenvalue weighted by Gasteiger charge is 2.27. The second-order valence-electron chi connectivity index (χ2n) is 4.15. The Kier molecular flexibility index (Phi) is 2.77. The molecule has 4 heteroatoms. The molecule has 1 aromatic rings. The lowest BCUT2D eigenvalue weighted by Crippen LogP contribution is -2.25. The molecule has 0 spiro atoms. The van der Waals surface area contributed by atoms with Crippen molar-refractivity contribution in [1.29, 1.82) is 0 Å². The highest BCUT2D eigenvalue weighted by Crippen LogP contribution is 2.27. The number of nitrogens with zero attached hydrogens (tertiary/aromatic N) is 2. The molecule has 4 nitrogen and oxygen atoms in total. The van der Waals surface area contributed by atoms with Crippen LogP contribution in [0.1, 0.15) is 13.3 Å². The van der Waals surface area contributed by atoms with Gasteiger partial charge in [-0.2, -0.15) is 0 Å². The molecule has 1 aliphatic rings. The number of pyridine rings is 1. The second kappa shape index (κ2) is 4.06. The number of nitrogen functional groups attached to an aromatic ring is 1. The van der Waals surface area contributed by atoms with Crippen LogP contribution >= 0.6 is 0 Å². The number of aliphatic hydroxyl groups is 1. The van der Waals surface area contributed by atoms with Gasteiger partial charge in [0.25, 0.3) is 0 Å². The SMILES string of the molecule is CC(O)C1CCN(c2ncccc2N)C1. The van der Waals surface area contributed by atoms with Crippen molar-refractivity contribution in [2.75, 3.05) is 23.7 Å². The maximum absolute atomic E-state index is 9.51. The summed E-state index contributed by atoms with van der Waals surface area (Å²) in [5.41, 5.74) is 6.57. The Balaban J connectivity index is 2.11. The molecular formula is C11H17N3O. The molecule has 15 heavy (non-hydrogen) atoms. The van der Waals surface area contributed by atoms with E-state index < -0.39 is 0 Å². The lowest BCUT2D eigenvalue weighted by Gasteiger charge is -2.19. The van der Waals surface area contributed by atoms with Gasteiger partial charge in [-0.05, 0) is 25.5 Å². The predicted molar refractivity (Wildman–Crippen MR) is 60.7 cm³/mol. The quantitative estimate of drug-likeness (QED) is 0.755. The number of rotatable bonds is 2. The fraction of sp³-hybridized carbons (Fsp3) is 0.545. The topological polar surface area (TPSA) is 62.4 Å². The summed E-state index contributed by atoms with van der Waals surface area (Å²) in [5, 5.41) is 9.51. The van der Waals surface area contributed by atoms with E-state index in [1.54, 1.807) is 6.20 Å². The fourth-order valence-electron chi connectivity index (χ4n) is 2.05. The Morgan fingerprint density at radius 1 is 1.67 bits per heavy atom. The van der Waals surface area contributed by atoms with Crippen molar-refractivity contribution >= 4 is 11.5 Å². The first kappa shape index (κ1) is 10.2. The summed E-state index contributed by atoms with van der Waals surface area (Å²) in [4.78, 5) is 6.42. The van der Waals surface area contributed by atoms with Crippen LogP contribution in [0.4, 0.5) is 11.5 Å². The van der Waals surface area contributed by atoms with E-state index in [0.717, 1.165) is 25.3 Å². The Labute approximate surface area is 89.7 Å². The number of hydrogen-bond donors (Lipinski definition) is 2. The van der Waals surface area contributed by atoms with Crippen LogP contribution < -0.4 is 10.6 Å². The van der Waals surface area contributed by atoms with Gasteiger partial charge in [0.05, 0.1) is 11.8 Å². The van der Waals surface area contributed by atoms with E-state index in [1.807, 2.05) is 19.1 Å². The maximum atomic E-state index is 9.51. The van der Waals surface area contributed by atoms with Gasteiger partial charge < -0.3 is 15.7 Å². The Bertz CT molecular complexity index is 340. The number of aliphatic hydroxyl groups excluding tert-OH is 1. The van der Waals surface area contributed by atoms with E-state index in [9.17, 15) is 5.11 Å². The number of nitrogens with two attached hydrogens (primary N) is 1. The molecule has 0 aromatic carbocycles. The van der Waals surface area contributed by atoms with Gasteiger partial charge in [0.2, 0.25) is 0 Å². The van der Waals surface area contributed by atoms with Gasteiger partial charge in [0, 0.05) is 25.2 Å². The molecule has 1 fully saturated rings. The van der Waals surface area contributed by atoms with Crippen molar-refractivity contribution in [3.63, 3.8) is 0 Å². The van der Waals surface area contributed by atoms with Gasteiger partial charge in [-0.15, -0.1) is 0 Å². The first-order valence-electron chi connectivity index (χ1n) is 5.32. The monoisotopic (exact) mass is 207 g/mol. The highest BCUT2D eigenvalue weighted by atomic mass is 16.3. The first-order valence-corrected chi connectivity index (χ1v) is 5.32. The summed E-state index contributed by atoms with van der Waals surface area (Å²) < 4.78 is 0. The van der Waals surface area contributed by atoms with Crippen molar-refractivity contribution in [3.05, 3.63) is 18.3 Å². The third kappa shape index (κ3) is 2.04. The molecule has 3 N–H and O–H groups in total. The maximum Gasteiger partial charge on any atom is 0.151 e. The van der Waals surface area contributed by atoms with Gasteiger partial charge in [0.1, 0.15) is 0 Å². The van der Waals surface area contributed by atoms with Crippen LogP contribution in [0.5, 0.6) is 0 Å². The van der Waals surface area contributed by atoms with E-state index in [0.29, 0.717) is 11.6 Å². The summed E-state index contributed by atoms with van der Waals surface area (Å²) in [7, 11) is 0. The zero-order valence-electron chi connectivity index (χ0n) is 8.93. The van der Waals surface area contributed by atoms with Crippen molar-refractivity contribution in [1.82, 2.24) is 4.98 Å². The van der Waals surface area contributed by atoms with E-state index in [-0.39, 0.29) is 6.10 Å². The van der Waals surface area contributed by atoms with Crippen LogP contribution in [0.25, 0.3) is 0 Å². The minimum atomic E-state index is -0.250. The smallest absolute Gasteiger partial charge is 0.151 e. The van der Waals surface area contributed by atoms with Gasteiger partial charge in [-0.3, -0.25) is 0 Å². The van der Waals surface area contributed by atoms with Crippen LogP contribution in [0.2, 0.25) is 0 Å². The molecule has 0 radical (unpaired) electrons. The molecule has 1 saturated heterocycles. The van der Waals surface area contributed by atoms with E-state index in [1.165, 1.54) is 0 Å². The summed E-state index contributed by atoms with van der Waals surface area (Å²) in [6.45, 7) is 3.62. The molecule has 0 aliphatic carbocycles. The number of anilines is 2. The molecule has 2 heterocycles. The normalized spacial score (nSPS) is 23.1. The highest BCUT2D eigenvalue weighted by molar-refractivity contribution is 5.62. The largest absolute Gasteiger partial charge is 0.396 e. The molecule has 0 saturated carbocycles. The zero-order valence-corrected chi connectivity index (χ0v) is 8.93. The number of aromatic nitrogens is 1. The Morgan fingerprint density at radius 2 is 2.47 bits per heavy atom. The Morgan fingerprint density at radius 3 is 3.07 bits per heavy atom. The molecule has 1 aliphatic heterocycles. The van der Waals surface area contributed by atoms with E-state index >= 15 is 0 Å². The van der Waals surface area contributed by atoms with Gasteiger partial charge in [0.15, 0.2) is 5.82 Å². The van der Waals surface area contributed by atoms with Crippen LogP contribution in [-0.4, -0.2) is 29.3 Å². The molecule has 82 valence electrons. The summed E-state index contributed by atoms with van der Waals surface area (Å²) in [6, 6.07) is 3.69. The van der Waals surface area contributed by atoms with Gasteiger partial charge >= 0.3 is 0 Å². The van der Waals surface area contributed by atoms with E-state index in [2.05, 4.69) is 9.88 Å². The van der Waals surface area contributed by atoms with Gasteiger partial charge in [-0.25, -0.2) is 4.98 Å². The lowest BCUT2D eigenvalue weighted by atomic mass is 10.0. The Hall–Kier alpha value is -1.29. The molecule has 2 unspecified atom stereocenters. The molecule has 0 amide bonds. The average Bonchev–Trinajstić information content (AvgIpc) is 2.67. The van der Waals surface area contributed by atoms with Crippen LogP contribution in [-0.2, 0) is 0 Å². The fourth-order valence-corrected chi connectivity index (χ4v) is 2.05. The first-order chi connectivity index (χ1) is 7.18. The summed E-state index contributed by atoms with van der Waals surface area (Å²) in [5.74, 6) is 1.19. The lowest BCUT2D eigenvalue weighted by molar-refractivity contribution is 0.136. The molecule has 2 atom stereocenters. The second-order valence-corrected chi connectivity index (χ2v) is 4.15.